The van der Waals surface area contributed by atoms with Crippen LogP contribution in [0.25, 0.3) is 0 Å². The lowest BCUT2D eigenvalue weighted by atomic mass is 10.1. The topological polar surface area (TPSA) is 60.2 Å². The predicted octanol–water partition coefficient (Wildman–Crippen LogP) is 8.37. The van der Waals surface area contributed by atoms with Crippen molar-refractivity contribution in [3.8, 4) is 11.5 Å². The number of hydrogen-bond acceptors (Lipinski definition) is 5. The minimum Gasteiger partial charge on any atom is -0.494 e. The summed E-state index contributed by atoms with van der Waals surface area (Å²) in [5, 5.41) is 8.46. The Kier molecular flexibility index (Phi) is 9.64. The normalized spacial score (nSPS) is 11.0. The Morgan fingerprint density at radius 1 is 0.788 bits per heavy atom. The lowest BCUT2D eigenvalue weighted by molar-refractivity contribution is 0.0733. The van der Waals surface area contributed by atoms with Gasteiger partial charge in [0.25, 0.3) is 0 Å². The Morgan fingerprint density at radius 3 is 2.21 bits per heavy atom. The average Bonchev–Trinajstić information content (AvgIpc) is 2.84. The summed E-state index contributed by atoms with van der Waals surface area (Å²) in [6.07, 6.45) is 7.37. The number of benzene rings is 3. The van der Waals surface area contributed by atoms with Gasteiger partial charge in [-0.3, -0.25) is 0 Å². The van der Waals surface area contributed by atoms with Crippen LogP contribution in [0.4, 0.5) is 11.4 Å². The molecule has 3 aromatic carbocycles. The van der Waals surface area contributed by atoms with E-state index in [-0.39, 0.29) is 0 Å². The van der Waals surface area contributed by atoms with Gasteiger partial charge in [-0.05, 0) is 73.5 Å². The van der Waals surface area contributed by atoms with Crippen LogP contribution in [-0.4, -0.2) is 12.6 Å². The summed E-state index contributed by atoms with van der Waals surface area (Å²) in [5.41, 5.74) is 2.77. The third-order valence-electron chi connectivity index (χ3n) is 5.25. The third-order valence-corrected chi connectivity index (χ3v) is 5.25. The second-order valence-corrected chi connectivity index (χ2v) is 8.02. The zero-order valence-electron chi connectivity index (χ0n) is 19.5. The zero-order chi connectivity index (χ0) is 23.3. The number of ether oxygens (including phenoxy) is 2. The number of rotatable bonds is 12. The van der Waals surface area contributed by atoms with Gasteiger partial charge < -0.3 is 9.47 Å². The molecule has 0 bridgehead atoms. The summed E-state index contributed by atoms with van der Waals surface area (Å²) in [4.78, 5) is 12.6. The van der Waals surface area contributed by atoms with E-state index in [0.717, 1.165) is 23.4 Å². The summed E-state index contributed by atoms with van der Waals surface area (Å²) >= 11 is 0. The van der Waals surface area contributed by atoms with Crippen molar-refractivity contribution in [3.05, 3.63) is 83.9 Å². The fourth-order valence-corrected chi connectivity index (χ4v) is 3.34. The Bertz CT molecular complexity index is 1030. The van der Waals surface area contributed by atoms with Crippen LogP contribution in [0.5, 0.6) is 11.5 Å². The molecule has 0 aromatic heterocycles. The van der Waals surface area contributed by atoms with Crippen molar-refractivity contribution >= 4 is 17.3 Å². The lowest BCUT2D eigenvalue weighted by Crippen LogP contribution is -2.09. The first-order valence-electron chi connectivity index (χ1n) is 11.7. The van der Waals surface area contributed by atoms with Crippen LogP contribution in [-0.2, 0) is 0 Å². The molecule has 3 rings (SSSR count). The second kappa shape index (κ2) is 13.2. The zero-order valence-corrected chi connectivity index (χ0v) is 19.5. The Hall–Kier alpha value is -3.47. The molecule has 0 aliphatic rings. The van der Waals surface area contributed by atoms with Crippen molar-refractivity contribution in [2.45, 2.75) is 52.4 Å². The van der Waals surface area contributed by atoms with Crippen molar-refractivity contribution < 1.29 is 14.3 Å². The number of unbranched alkanes of at least 4 members (excludes halogenated alkanes) is 5. The highest BCUT2D eigenvalue weighted by Gasteiger charge is 2.11. The summed E-state index contributed by atoms with van der Waals surface area (Å²) in [5.74, 6) is 0.866. The van der Waals surface area contributed by atoms with Crippen LogP contribution in [0, 0.1) is 6.92 Å². The van der Waals surface area contributed by atoms with E-state index in [1.165, 1.54) is 32.1 Å². The number of esters is 1. The molecule has 0 fully saturated rings. The van der Waals surface area contributed by atoms with Gasteiger partial charge in [0, 0.05) is 0 Å². The SMILES string of the molecule is CCCCCCCCOc1ccc(C(=O)Oc2ccc(N=Nc3ccccc3)cc2C)cc1. The van der Waals surface area contributed by atoms with Gasteiger partial charge in [-0.1, -0.05) is 57.2 Å². The van der Waals surface area contributed by atoms with Crippen LogP contribution in [0.1, 0.15) is 61.4 Å². The summed E-state index contributed by atoms with van der Waals surface area (Å²) < 4.78 is 11.4. The minimum absolute atomic E-state index is 0.403. The van der Waals surface area contributed by atoms with Crippen molar-refractivity contribution in [3.63, 3.8) is 0 Å². The first-order chi connectivity index (χ1) is 16.2. The molecule has 0 N–H and O–H groups in total. The molecule has 0 spiro atoms. The van der Waals surface area contributed by atoms with Crippen molar-refractivity contribution in [1.29, 1.82) is 0 Å². The number of carbonyl (C=O) groups is 1. The van der Waals surface area contributed by atoms with Crippen molar-refractivity contribution in [2.75, 3.05) is 6.61 Å². The van der Waals surface area contributed by atoms with Crippen LogP contribution in [0.15, 0.2) is 83.0 Å². The average molecular weight is 445 g/mol. The molecule has 0 unspecified atom stereocenters. The fourth-order valence-electron chi connectivity index (χ4n) is 3.34. The van der Waals surface area contributed by atoms with E-state index in [9.17, 15) is 4.79 Å². The molecule has 3 aromatic rings. The molecule has 0 atom stereocenters. The van der Waals surface area contributed by atoms with Gasteiger partial charge >= 0.3 is 5.97 Å². The predicted molar refractivity (Wildman–Crippen MR) is 132 cm³/mol. The van der Waals surface area contributed by atoms with E-state index in [0.29, 0.717) is 23.6 Å². The summed E-state index contributed by atoms with van der Waals surface area (Å²) in [7, 11) is 0. The maximum Gasteiger partial charge on any atom is 0.343 e. The van der Waals surface area contributed by atoms with E-state index in [4.69, 9.17) is 9.47 Å². The molecule has 5 heteroatoms. The number of azo groups is 1. The maximum absolute atomic E-state index is 12.6. The quantitative estimate of drug-likeness (QED) is 0.122. The molecule has 172 valence electrons. The van der Waals surface area contributed by atoms with Gasteiger partial charge in [0.05, 0.1) is 23.5 Å². The summed E-state index contributed by atoms with van der Waals surface area (Å²) in [6.45, 7) is 4.80. The van der Waals surface area contributed by atoms with Gasteiger partial charge in [0.15, 0.2) is 0 Å². The standard InChI is InChI=1S/C28H32N2O3/c1-3-4-5-6-7-11-20-32-26-17-14-23(15-18-26)28(31)33-27-19-16-25(21-22(27)2)30-29-24-12-9-8-10-13-24/h8-10,12-19,21H,3-7,11,20H2,1-2H3. The molecule has 0 radical (unpaired) electrons. The molecule has 0 amide bonds. The van der Waals surface area contributed by atoms with E-state index in [1.807, 2.05) is 55.5 Å². The number of nitrogens with zero attached hydrogens (tertiary/aromatic N) is 2. The molecule has 0 aliphatic heterocycles. The van der Waals surface area contributed by atoms with E-state index < -0.39 is 5.97 Å². The molecular formula is C28H32N2O3. The molecule has 0 heterocycles. The van der Waals surface area contributed by atoms with Gasteiger partial charge in [-0.2, -0.15) is 10.2 Å². The van der Waals surface area contributed by atoms with Crippen LogP contribution in [0.3, 0.4) is 0 Å². The second-order valence-electron chi connectivity index (χ2n) is 8.02. The Balaban J connectivity index is 1.48. The first kappa shape index (κ1) is 24.2. The highest BCUT2D eigenvalue weighted by molar-refractivity contribution is 5.91. The van der Waals surface area contributed by atoms with Crippen molar-refractivity contribution in [1.82, 2.24) is 0 Å². The van der Waals surface area contributed by atoms with Gasteiger partial charge in [-0.25, -0.2) is 4.79 Å². The third kappa shape index (κ3) is 8.19. The first-order valence-corrected chi connectivity index (χ1v) is 11.7. The van der Waals surface area contributed by atoms with Gasteiger partial charge in [0.2, 0.25) is 0 Å². The maximum atomic E-state index is 12.6. The fraction of sp³-hybridized carbons (Fsp3) is 0.321. The van der Waals surface area contributed by atoms with Crippen molar-refractivity contribution in [2.24, 2.45) is 10.2 Å². The molecular weight excluding hydrogens is 412 g/mol. The van der Waals surface area contributed by atoms with E-state index in [2.05, 4.69) is 17.2 Å². The van der Waals surface area contributed by atoms with Gasteiger partial charge in [0.1, 0.15) is 11.5 Å². The lowest BCUT2D eigenvalue weighted by Gasteiger charge is -2.09. The number of carbonyl (C=O) groups excluding carboxylic acids is 1. The largest absolute Gasteiger partial charge is 0.494 e. The highest BCUT2D eigenvalue weighted by Crippen LogP contribution is 2.26. The summed E-state index contributed by atoms with van der Waals surface area (Å²) in [6, 6.07) is 22.0. The van der Waals surface area contributed by atoms with E-state index in [1.54, 1.807) is 24.3 Å². The number of hydrogen-bond donors (Lipinski definition) is 0. The molecule has 0 saturated carbocycles. The highest BCUT2D eigenvalue weighted by atomic mass is 16.5. The minimum atomic E-state index is -0.403. The molecule has 0 saturated heterocycles. The van der Waals surface area contributed by atoms with Crippen LogP contribution < -0.4 is 9.47 Å². The van der Waals surface area contributed by atoms with Crippen LogP contribution >= 0.6 is 0 Å². The van der Waals surface area contributed by atoms with Crippen LogP contribution in [0.2, 0.25) is 0 Å². The van der Waals surface area contributed by atoms with Gasteiger partial charge in [-0.15, -0.1) is 0 Å². The Morgan fingerprint density at radius 2 is 1.48 bits per heavy atom. The number of aryl methyl sites for hydroxylation is 1. The molecule has 5 nitrogen and oxygen atoms in total. The molecule has 33 heavy (non-hydrogen) atoms. The van der Waals surface area contributed by atoms with E-state index >= 15 is 0 Å². The smallest absolute Gasteiger partial charge is 0.343 e. The molecule has 0 aliphatic carbocycles. The Labute approximate surface area is 196 Å². The monoisotopic (exact) mass is 444 g/mol.